The topological polar surface area (TPSA) is 71.5 Å². The number of fused-ring (bicyclic) bond motifs is 1. The Balaban J connectivity index is 2.54. The minimum atomic E-state index is -0.995. The summed E-state index contributed by atoms with van der Waals surface area (Å²) in [7, 11) is 0. The molecule has 0 amide bonds. The first kappa shape index (κ1) is 13.3. The fourth-order valence-corrected chi connectivity index (χ4v) is 1.91. The number of rotatable bonds is 5. The van der Waals surface area contributed by atoms with Gasteiger partial charge in [0.1, 0.15) is 17.2 Å². The molecule has 0 saturated carbocycles. The SMILES string of the molecule is CCOc1cc(OC(C)C)cc2[nH]c(C(=O)O)cc12. The minimum absolute atomic E-state index is 0.0424. The average molecular weight is 263 g/mol. The van der Waals surface area contributed by atoms with Gasteiger partial charge in [0.05, 0.1) is 18.2 Å². The van der Waals surface area contributed by atoms with Gasteiger partial charge in [-0.25, -0.2) is 4.79 Å². The zero-order chi connectivity index (χ0) is 14.0. The Bertz CT molecular complexity index is 601. The Labute approximate surface area is 111 Å². The van der Waals surface area contributed by atoms with Crippen molar-refractivity contribution in [2.75, 3.05) is 6.61 Å². The summed E-state index contributed by atoms with van der Waals surface area (Å²) in [5.41, 5.74) is 0.830. The summed E-state index contributed by atoms with van der Waals surface area (Å²) in [5, 5.41) is 9.76. The van der Waals surface area contributed by atoms with E-state index in [0.29, 0.717) is 23.6 Å². The zero-order valence-corrected chi connectivity index (χ0v) is 11.2. The molecule has 5 heteroatoms. The summed E-state index contributed by atoms with van der Waals surface area (Å²) >= 11 is 0. The zero-order valence-electron chi connectivity index (χ0n) is 11.2. The van der Waals surface area contributed by atoms with Crippen molar-refractivity contribution in [2.24, 2.45) is 0 Å². The average Bonchev–Trinajstić information content (AvgIpc) is 2.72. The molecule has 2 N–H and O–H groups in total. The lowest BCUT2D eigenvalue weighted by atomic mass is 10.2. The van der Waals surface area contributed by atoms with Crippen molar-refractivity contribution in [1.82, 2.24) is 4.98 Å². The summed E-state index contributed by atoms with van der Waals surface area (Å²) in [6.07, 6.45) is 0.0424. The van der Waals surface area contributed by atoms with Crippen molar-refractivity contribution < 1.29 is 19.4 Å². The van der Waals surface area contributed by atoms with Gasteiger partial charge in [0.2, 0.25) is 0 Å². The molecule has 0 saturated heterocycles. The Hall–Kier alpha value is -2.17. The number of aromatic carboxylic acids is 1. The first-order valence-electron chi connectivity index (χ1n) is 6.20. The number of aromatic amines is 1. The van der Waals surface area contributed by atoms with E-state index in [-0.39, 0.29) is 11.8 Å². The molecule has 5 nitrogen and oxygen atoms in total. The molecule has 1 aromatic heterocycles. The van der Waals surface area contributed by atoms with Gasteiger partial charge in [-0.05, 0) is 26.8 Å². The quantitative estimate of drug-likeness (QED) is 0.869. The molecule has 0 aliphatic carbocycles. The summed E-state index contributed by atoms with van der Waals surface area (Å²) in [4.78, 5) is 13.8. The number of carboxylic acid groups (broad SMARTS) is 1. The summed E-state index contributed by atoms with van der Waals surface area (Å²) < 4.78 is 11.2. The van der Waals surface area contributed by atoms with E-state index in [1.54, 1.807) is 18.2 Å². The van der Waals surface area contributed by atoms with E-state index >= 15 is 0 Å². The molecule has 1 aromatic carbocycles. The van der Waals surface area contributed by atoms with Crippen LogP contribution in [0.15, 0.2) is 18.2 Å². The Morgan fingerprint density at radius 1 is 1.37 bits per heavy atom. The van der Waals surface area contributed by atoms with E-state index in [4.69, 9.17) is 14.6 Å². The van der Waals surface area contributed by atoms with Crippen molar-refractivity contribution in [1.29, 1.82) is 0 Å². The van der Waals surface area contributed by atoms with Crippen molar-refractivity contribution in [3.63, 3.8) is 0 Å². The van der Waals surface area contributed by atoms with Gasteiger partial charge in [0, 0.05) is 17.5 Å². The van der Waals surface area contributed by atoms with Crippen LogP contribution in [-0.2, 0) is 0 Å². The van der Waals surface area contributed by atoms with Crippen molar-refractivity contribution in [2.45, 2.75) is 26.9 Å². The first-order valence-corrected chi connectivity index (χ1v) is 6.20. The Morgan fingerprint density at radius 2 is 2.11 bits per heavy atom. The van der Waals surface area contributed by atoms with Gasteiger partial charge in [0.25, 0.3) is 0 Å². The second-order valence-corrected chi connectivity index (χ2v) is 4.47. The summed E-state index contributed by atoms with van der Waals surface area (Å²) in [5.74, 6) is 0.286. The van der Waals surface area contributed by atoms with Crippen LogP contribution < -0.4 is 9.47 Å². The normalized spacial score (nSPS) is 10.9. The van der Waals surface area contributed by atoms with Crippen LogP contribution in [0.2, 0.25) is 0 Å². The van der Waals surface area contributed by atoms with E-state index in [1.807, 2.05) is 20.8 Å². The molecule has 0 fully saturated rings. The molecule has 2 rings (SSSR count). The van der Waals surface area contributed by atoms with Crippen LogP contribution in [-0.4, -0.2) is 28.8 Å². The Morgan fingerprint density at radius 3 is 2.68 bits per heavy atom. The van der Waals surface area contributed by atoms with Crippen LogP contribution in [0.4, 0.5) is 0 Å². The van der Waals surface area contributed by atoms with Crippen molar-refractivity contribution in [3.8, 4) is 11.5 Å². The predicted octanol–water partition coefficient (Wildman–Crippen LogP) is 3.05. The molecule has 0 bridgehead atoms. The highest BCUT2D eigenvalue weighted by atomic mass is 16.5. The highest BCUT2D eigenvalue weighted by molar-refractivity contribution is 5.96. The number of ether oxygens (including phenoxy) is 2. The highest BCUT2D eigenvalue weighted by Gasteiger charge is 2.13. The fraction of sp³-hybridized carbons (Fsp3) is 0.357. The van der Waals surface area contributed by atoms with Crippen LogP contribution in [0.3, 0.4) is 0 Å². The lowest BCUT2D eigenvalue weighted by Crippen LogP contribution is -2.05. The molecule has 0 atom stereocenters. The predicted molar refractivity (Wildman–Crippen MR) is 72.2 cm³/mol. The second kappa shape index (κ2) is 5.22. The number of aromatic nitrogens is 1. The van der Waals surface area contributed by atoms with Gasteiger partial charge >= 0.3 is 5.97 Å². The van der Waals surface area contributed by atoms with E-state index in [0.717, 1.165) is 5.39 Å². The molecule has 2 aromatic rings. The largest absolute Gasteiger partial charge is 0.493 e. The van der Waals surface area contributed by atoms with Gasteiger partial charge in [-0.15, -0.1) is 0 Å². The van der Waals surface area contributed by atoms with E-state index in [2.05, 4.69) is 4.98 Å². The number of H-pyrrole nitrogens is 1. The van der Waals surface area contributed by atoms with E-state index in [9.17, 15) is 4.79 Å². The molecule has 1 heterocycles. The van der Waals surface area contributed by atoms with Gasteiger partial charge in [-0.1, -0.05) is 0 Å². The molecule has 19 heavy (non-hydrogen) atoms. The second-order valence-electron chi connectivity index (χ2n) is 4.47. The third-order valence-corrected chi connectivity index (χ3v) is 2.58. The van der Waals surface area contributed by atoms with Crippen molar-refractivity contribution >= 4 is 16.9 Å². The van der Waals surface area contributed by atoms with Crippen LogP contribution in [0, 0.1) is 0 Å². The monoisotopic (exact) mass is 263 g/mol. The molecule has 0 spiro atoms. The molecule has 0 unspecified atom stereocenters. The van der Waals surface area contributed by atoms with Crippen LogP contribution in [0.5, 0.6) is 11.5 Å². The molecule has 0 aliphatic rings. The van der Waals surface area contributed by atoms with Gasteiger partial charge in [0.15, 0.2) is 0 Å². The van der Waals surface area contributed by atoms with E-state index in [1.165, 1.54) is 0 Å². The standard InChI is InChI=1S/C14H17NO4/c1-4-18-13-6-9(19-8(2)3)5-11-10(13)7-12(15-11)14(16)17/h5-8,15H,4H2,1-3H3,(H,16,17). The van der Waals surface area contributed by atoms with Gasteiger partial charge < -0.3 is 19.6 Å². The first-order chi connectivity index (χ1) is 9.01. The van der Waals surface area contributed by atoms with E-state index < -0.39 is 5.97 Å². The van der Waals surface area contributed by atoms with Crippen LogP contribution in [0.25, 0.3) is 10.9 Å². The van der Waals surface area contributed by atoms with Crippen molar-refractivity contribution in [3.05, 3.63) is 23.9 Å². The number of carbonyl (C=O) groups is 1. The van der Waals surface area contributed by atoms with Crippen LogP contribution >= 0.6 is 0 Å². The maximum atomic E-state index is 11.0. The molecular weight excluding hydrogens is 246 g/mol. The lowest BCUT2D eigenvalue weighted by Gasteiger charge is -2.12. The van der Waals surface area contributed by atoms with Gasteiger partial charge in [-0.3, -0.25) is 0 Å². The minimum Gasteiger partial charge on any atom is -0.493 e. The highest BCUT2D eigenvalue weighted by Crippen LogP contribution is 2.32. The number of benzene rings is 1. The fourth-order valence-electron chi connectivity index (χ4n) is 1.91. The molecule has 102 valence electrons. The Kier molecular flexibility index (Phi) is 3.64. The van der Waals surface area contributed by atoms with Crippen LogP contribution in [0.1, 0.15) is 31.3 Å². The lowest BCUT2D eigenvalue weighted by molar-refractivity contribution is 0.0691. The van der Waals surface area contributed by atoms with Gasteiger partial charge in [-0.2, -0.15) is 0 Å². The third kappa shape index (κ3) is 2.81. The maximum Gasteiger partial charge on any atom is 0.352 e. The molecule has 0 aliphatic heterocycles. The number of nitrogens with one attached hydrogen (secondary N) is 1. The number of hydrogen-bond donors (Lipinski definition) is 2. The number of carboxylic acids is 1. The maximum absolute atomic E-state index is 11.0. The smallest absolute Gasteiger partial charge is 0.352 e. The summed E-state index contributed by atoms with van der Waals surface area (Å²) in [6, 6.07) is 5.14. The molecular formula is C14H17NO4. The third-order valence-electron chi connectivity index (χ3n) is 2.58. The number of hydrogen-bond acceptors (Lipinski definition) is 3. The molecule has 0 radical (unpaired) electrons. The summed E-state index contributed by atoms with van der Waals surface area (Å²) in [6.45, 7) is 6.25.